The van der Waals surface area contributed by atoms with Crippen LogP contribution in [0.15, 0.2) is 47.1 Å². The van der Waals surface area contributed by atoms with Gasteiger partial charge in [0.15, 0.2) is 0 Å². The quantitative estimate of drug-likeness (QED) is 0.630. The predicted octanol–water partition coefficient (Wildman–Crippen LogP) is 2.56. The van der Waals surface area contributed by atoms with Crippen molar-refractivity contribution in [3.63, 3.8) is 0 Å². The number of nitrogens with one attached hydrogen (secondary N) is 2. The Hall–Kier alpha value is -2.87. The van der Waals surface area contributed by atoms with Crippen LogP contribution in [-0.2, 0) is 9.59 Å². The van der Waals surface area contributed by atoms with Gasteiger partial charge in [-0.25, -0.2) is 4.39 Å². The number of anilines is 1. The van der Waals surface area contributed by atoms with E-state index in [1.165, 1.54) is 6.07 Å². The Bertz CT molecular complexity index is 848. The molecule has 31 heavy (non-hydrogen) atoms. The molecule has 1 aromatic carbocycles. The van der Waals surface area contributed by atoms with Crippen molar-refractivity contribution in [2.45, 2.75) is 26.3 Å². The highest BCUT2D eigenvalue weighted by Crippen LogP contribution is 2.25. The number of hydrogen-bond acceptors (Lipinski definition) is 5. The van der Waals surface area contributed by atoms with Crippen molar-refractivity contribution in [2.24, 2.45) is 5.92 Å². The predicted molar refractivity (Wildman–Crippen MR) is 117 cm³/mol. The fourth-order valence-electron chi connectivity index (χ4n) is 3.70. The van der Waals surface area contributed by atoms with Crippen LogP contribution >= 0.6 is 0 Å². The average Bonchev–Trinajstić information content (AvgIpc) is 3.29. The van der Waals surface area contributed by atoms with Crippen molar-refractivity contribution in [3.05, 3.63) is 54.2 Å². The number of piperazine rings is 1. The van der Waals surface area contributed by atoms with Crippen molar-refractivity contribution in [2.75, 3.05) is 44.2 Å². The fourth-order valence-corrected chi connectivity index (χ4v) is 3.70. The second-order valence-corrected chi connectivity index (χ2v) is 8.15. The summed E-state index contributed by atoms with van der Waals surface area (Å²) >= 11 is 0. The standard InChI is InChI=1S/C23H31FN4O3/c1-17(2)9-10-25-22(29)23(30)26-16-20(21-8-5-15-31-21)28-13-11-27(12-14-28)19-7-4-3-6-18(19)24/h3-8,15,17,20H,9-14,16H2,1-2H3,(H,25,29)(H,26,30)/t20-/m0/s1. The number of amides is 2. The van der Waals surface area contributed by atoms with Crippen molar-refractivity contribution < 1.29 is 18.4 Å². The first kappa shape index (κ1) is 22.8. The van der Waals surface area contributed by atoms with Crippen molar-refractivity contribution in [1.29, 1.82) is 0 Å². The summed E-state index contributed by atoms with van der Waals surface area (Å²) in [7, 11) is 0. The Morgan fingerprint density at radius 3 is 2.39 bits per heavy atom. The molecule has 2 aromatic rings. The van der Waals surface area contributed by atoms with Crippen LogP contribution in [0.4, 0.5) is 10.1 Å². The van der Waals surface area contributed by atoms with Gasteiger partial charge < -0.3 is 20.0 Å². The summed E-state index contributed by atoms with van der Waals surface area (Å²) in [4.78, 5) is 28.5. The number of para-hydroxylation sites is 1. The second-order valence-electron chi connectivity index (χ2n) is 8.15. The molecule has 1 fully saturated rings. The minimum atomic E-state index is -0.648. The van der Waals surface area contributed by atoms with E-state index in [-0.39, 0.29) is 18.4 Å². The summed E-state index contributed by atoms with van der Waals surface area (Å²) in [6.07, 6.45) is 2.42. The minimum Gasteiger partial charge on any atom is -0.468 e. The van der Waals surface area contributed by atoms with E-state index in [4.69, 9.17) is 4.42 Å². The number of furan rings is 1. The van der Waals surface area contributed by atoms with Gasteiger partial charge in [-0.05, 0) is 36.6 Å². The summed E-state index contributed by atoms with van der Waals surface area (Å²) in [5.41, 5.74) is 0.600. The maximum atomic E-state index is 14.1. The SMILES string of the molecule is CC(C)CCNC(=O)C(=O)NC[C@@H](c1ccco1)N1CCN(c2ccccc2F)CC1. The lowest BCUT2D eigenvalue weighted by molar-refractivity contribution is -0.139. The van der Waals surface area contributed by atoms with E-state index in [2.05, 4.69) is 29.4 Å². The molecule has 1 aromatic heterocycles. The highest BCUT2D eigenvalue weighted by molar-refractivity contribution is 6.35. The summed E-state index contributed by atoms with van der Waals surface area (Å²) in [6, 6.07) is 10.2. The molecule has 8 heteroatoms. The van der Waals surface area contributed by atoms with Crippen LogP contribution in [-0.4, -0.2) is 56.0 Å². The van der Waals surface area contributed by atoms with Gasteiger partial charge in [-0.1, -0.05) is 26.0 Å². The Kier molecular flexibility index (Phi) is 8.06. The van der Waals surface area contributed by atoms with Gasteiger partial charge in [0.1, 0.15) is 11.6 Å². The molecular weight excluding hydrogens is 399 g/mol. The van der Waals surface area contributed by atoms with Crippen molar-refractivity contribution >= 4 is 17.5 Å². The third kappa shape index (κ3) is 6.30. The molecule has 0 saturated carbocycles. The van der Waals surface area contributed by atoms with Gasteiger partial charge in [0.05, 0.1) is 18.0 Å². The minimum absolute atomic E-state index is 0.204. The van der Waals surface area contributed by atoms with Crippen LogP contribution in [0.5, 0.6) is 0 Å². The van der Waals surface area contributed by atoms with E-state index in [0.29, 0.717) is 44.3 Å². The molecular formula is C23H31FN4O3. The summed E-state index contributed by atoms with van der Waals surface area (Å²) in [5.74, 6) is -0.322. The number of benzene rings is 1. The topological polar surface area (TPSA) is 77.8 Å². The highest BCUT2D eigenvalue weighted by Gasteiger charge is 2.28. The molecule has 2 heterocycles. The Balaban J connectivity index is 1.56. The molecule has 2 amide bonds. The zero-order valence-corrected chi connectivity index (χ0v) is 18.1. The Labute approximate surface area is 182 Å². The third-order valence-corrected chi connectivity index (χ3v) is 5.49. The van der Waals surface area contributed by atoms with Gasteiger partial charge in [-0.15, -0.1) is 0 Å². The van der Waals surface area contributed by atoms with Crippen LogP contribution in [0.3, 0.4) is 0 Å². The molecule has 1 aliphatic heterocycles. The summed E-state index contributed by atoms with van der Waals surface area (Å²) < 4.78 is 19.7. The van der Waals surface area contributed by atoms with Crippen LogP contribution in [0.2, 0.25) is 0 Å². The lowest BCUT2D eigenvalue weighted by Crippen LogP contribution is -2.51. The molecule has 168 valence electrons. The average molecular weight is 431 g/mol. The zero-order valence-electron chi connectivity index (χ0n) is 18.1. The number of halogens is 1. The monoisotopic (exact) mass is 430 g/mol. The molecule has 0 spiro atoms. The first-order chi connectivity index (χ1) is 15.0. The van der Waals surface area contributed by atoms with E-state index < -0.39 is 11.8 Å². The Morgan fingerprint density at radius 1 is 1.03 bits per heavy atom. The van der Waals surface area contributed by atoms with E-state index in [1.807, 2.05) is 17.0 Å². The van der Waals surface area contributed by atoms with Crippen molar-refractivity contribution in [3.8, 4) is 0 Å². The zero-order chi connectivity index (χ0) is 22.2. The molecule has 0 unspecified atom stereocenters. The normalized spacial score (nSPS) is 15.7. The summed E-state index contributed by atoms with van der Waals surface area (Å²) in [6.45, 7) is 7.52. The van der Waals surface area contributed by atoms with E-state index in [9.17, 15) is 14.0 Å². The van der Waals surface area contributed by atoms with Crippen LogP contribution in [0.25, 0.3) is 0 Å². The maximum absolute atomic E-state index is 14.1. The molecule has 3 rings (SSSR count). The van der Waals surface area contributed by atoms with Gasteiger partial charge in [-0.2, -0.15) is 0 Å². The van der Waals surface area contributed by atoms with E-state index >= 15 is 0 Å². The first-order valence-corrected chi connectivity index (χ1v) is 10.8. The van der Waals surface area contributed by atoms with Gasteiger partial charge in [0.25, 0.3) is 0 Å². The van der Waals surface area contributed by atoms with Crippen LogP contribution < -0.4 is 15.5 Å². The number of carbonyl (C=O) groups excluding carboxylic acids is 2. The number of carbonyl (C=O) groups is 2. The van der Waals surface area contributed by atoms with Gasteiger partial charge in [0, 0.05) is 39.3 Å². The molecule has 1 saturated heterocycles. The van der Waals surface area contributed by atoms with Crippen LogP contribution in [0, 0.1) is 11.7 Å². The maximum Gasteiger partial charge on any atom is 0.309 e. The third-order valence-electron chi connectivity index (χ3n) is 5.49. The molecule has 0 aliphatic carbocycles. The largest absolute Gasteiger partial charge is 0.468 e. The van der Waals surface area contributed by atoms with Crippen LogP contribution in [0.1, 0.15) is 32.1 Å². The molecule has 0 radical (unpaired) electrons. The number of rotatable bonds is 8. The highest BCUT2D eigenvalue weighted by atomic mass is 19.1. The molecule has 1 aliphatic rings. The second kappa shape index (κ2) is 10.9. The lowest BCUT2D eigenvalue weighted by Gasteiger charge is -2.39. The fraction of sp³-hybridized carbons (Fsp3) is 0.478. The lowest BCUT2D eigenvalue weighted by atomic mass is 10.1. The van der Waals surface area contributed by atoms with Gasteiger partial charge in [-0.3, -0.25) is 14.5 Å². The molecule has 1 atom stereocenters. The number of hydrogen-bond donors (Lipinski definition) is 2. The smallest absolute Gasteiger partial charge is 0.309 e. The molecule has 0 bridgehead atoms. The molecule has 7 nitrogen and oxygen atoms in total. The molecule has 2 N–H and O–H groups in total. The number of nitrogens with zero attached hydrogens (tertiary/aromatic N) is 2. The van der Waals surface area contributed by atoms with E-state index in [1.54, 1.807) is 24.5 Å². The van der Waals surface area contributed by atoms with Gasteiger partial charge >= 0.3 is 11.8 Å². The first-order valence-electron chi connectivity index (χ1n) is 10.8. The Morgan fingerprint density at radius 2 is 1.74 bits per heavy atom. The van der Waals surface area contributed by atoms with Gasteiger partial charge in [0.2, 0.25) is 0 Å². The summed E-state index contributed by atoms with van der Waals surface area (Å²) in [5, 5.41) is 5.38. The van der Waals surface area contributed by atoms with Crippen molar-refractivity contribution in [1.82, 2.24) is 15.5 Å². The van der Waals surface area contributed by atoms with E-state index in [0.717, 1.165) is 12.2 Å².